The van der Waals surface area contributed by atoms with E-state index in [0.717, 1.165) is 0 Å². The van der Waals surface area contributed by atoms with Gasteiger partial charge in [0.2, 0.25) is 10.0 Å². The molecule has 0 saturated carbocycles. The molecule has 5 rings (SSSR count). The van der Waals surface area contributed by atoms with E-state index in [4.69, 9.17) is 14.2 Å². The van der Waals surface area contributed by atoms with Crippen molar-refractivity contribution >= 4 is 50.2 Å². The van der Waals surface area contributed by atoms with Gasteiger partial charge in [0.15, 0.2) is 11.5 Å². The zero-order valence-electron chi connectivity index (χ0n) is 23.8. The summed E-state index contributed by atoms with van der Waals surface area (Å²) in [5, 5.41) is 6.22. The van der Waals surface area contributed by atoms with Gasteiger partial charge in [0, 0.05) is 29.9 Å². The second-order valence-electron chi connectivity index (χ2n) is 10.1. The first-order chi connectivity index (χ1) is 20.0. The molecule has 3 aromatic rings. The van der Waals surface area contributed by atoms with Gasteiger partial charge in [0.25, 0.3) is 5.91 Å². The van der Waals surface area contributed by atoms with Crippen molar-refractivity contribution < 1.29 is 32.2 Å². The fraction of sp³-hybridized carbons (Fsp3) is 0.267. The molecule has 0 aliphatic carbocycles. The Kier molecular flexibility index (Phi) is 8.10. The van der Waals surface area contributed by atoms with Crippen LogP contribution in [0.1, 0.15) is 21.5 Å². The van der Waals surface area contributed by atoms with Gasteiger partial charge >= 0.3 is 5.97 Å². The molecule has 0 saturated heterocycles. The Hall–Kier alpha value is -4.55. The Balaban J connectivity index is 1.57. The summed E-state index contributed by atoms with van der Waals surface area (Å²) in [6.45, 7) is 1.71. The number of hydrogen-bond donors (Lipinski definition) is 2. The molecule has 42 heavy (non-hydrogen) atoms. The molecule has 0 aromatic heterocycles. The lowest BCUT2D eigenvalue weighted by molar-refractivity contribution is -0.110. The maximum atomic E-state index is 13.4. The lowest BCUT2D eigenvalue weighted by Crippen LogP contribution is -2.35. The van der Waals surface area contributed by atoms with E-state index in [0.29, 0.717) is 82.8 Å². The van der Waals surface area contributed by atoms with Crippen LogP contribution < -0.4 is 24.4 Å². The van der Waals surface area contributed by atoms with E-state index in [-0.39, 0.29) is 5.91 Å². The quantitative estimate of drug-likeness (QED) is 0.284. The van der Waals surface area contributed by atoms with Crippen LogP contribution in [0.2, 0.25) is 0 Å². The van der Waals surface area contributed by atoms with Crippen molar-refractivity contribution in [1.82, 2.24) is 4.90 Å². The molecule has 11 nitrogen and oxygen atoms in total. The number of rotatable bonds is 9. The number of sulfonamides is 1. The summed E-state index contributed by atoms with van der Waals surface area (Å²) in [4.78, 5) is 27.4. The van der Waals surface area contributed by atoms with Crippen LogP contribution >= 0.6 is 0 Å². The Morgan fingerprint density at radius 1 is 0.952 bits per heavy atom. The predicted octanol–water partition coefficient (Wildman–Crippen LogP) is 3.50. The van der Waals surface area contributed by atoms with E-state index in [1.54, 1.807) is 54.6 Å². The molecule has 0 atom stereocenters. The number of hydrogen-bond acceptors (Lipinski definition) is 9. The highest BCUT2D eigenvalue weighted by atomic mass is 32.2. The second-order valence-corrected chi connectivity index (χ2v) is 12.0. The van der Waals surface area contributed by atoms with E-state index >= 15 is 0 Å². The van der Waals surface area contributed by atoms with Crippen molar-refractivity contribution in [3.8, 4) is 11.5 Å². The smallest absolute Gasteiger partial charge is 0.337 e. The fourth-order valence-corrected chi connectivity index (χ4v) is 5.69. The minimum Gasteiger partial charge on any atom is -0.486 e. The molecule has 220 valence electrons. The number of carbonyl (C=O) groups is 2. The van der Waals surface area contributed by atoms with Crippen LogP contribution in [-0.2, 0) is 19.6 Å². The van der Waals surface area contributed by atoms with Crippen LogP contribution in [0.3, 0.4) is 0 Å². The van der Waals surface area contributed by atoms with E-state index in [9.17, 15) is 18.0 Å². The third kappa shape index (κ3) is 6.04. The molecule has 2 N–H and O–H groups in total. The first-order valence-electron chi connectivity index (χ1n) is 13.2. The maximum absolute atomic E-state index is 13.4. The van der Waals surface area contributed by atoms with Crippen LogP contribution in [0.25, 0.3) is 11.3 Å². The van der Waals surface area contributed by atoms with Gasteiger partial charge in [-0.05, 0) is 68.7 Å². The molecule has 0 radical (unpaired) electrons. The van der Waals surface area contributed by atoms with Gasteiger partial charge in [-0.1, -0.05) is 6.07 Å². The third-order valence-corrected chi connectivity index (χ3v) is 8.04. The molecule has 0 fully saturated rings. The highest BCUT2D eigenvalue weighted by molar-refractivity contribution is 7.92. The summed E-state index contributed by atoms with van der Waals surface area (Å²) in [5.74, 6) is 0.297. The van der Waals surface area contributed by atoms with Gasteiger partial charge in [-0.3, -0.25) is 9.10 Å². The molecule has 2 aliphatic heterocycles. The summed E-state index contributed by atoms with van der Waals surface area (Å²) in [7, 11) is 1.56. The Bertz CT molecular complexity index is 1670. The number of carbonyl (C=O) groups excluding carboxylic acids is 2. The van der Waals surface area contributed by atoms with Crippen molar-refractivity contribution in [2.24, 2.45) is 0 Å². The molecule has 12 heteroatoms. The fourth-order valence-electron chi connectivity index (χ4n) is 4.78. The Morgan fingerprint density at radius 2 is 1.64 bits per heavy atom. The van der Waals surface area contributed by atoms with Crippen LogP contribution in [0.15, 0.2) is 60.7 Å². The number of benzene rings is 3. The van der Waals surface area contributed by atoms with E-state index in [1.165, 1.54) is 17.7 Å². The summed E-state index contributed by atoms with van der Waals surface area (Å²) in [5.41, 5.74) is 4.08. The number of esters is 1. The normalized spacial score (nSPS) is 15.1. The number of methoxy groups -OCH3 is 1. The lowest BCUT2D eigenvalue weighted by Gasteiger charge is -2.24. The van der Waals surface area contributed by atoms with Gasteiger partial charge in [-0.2, -0.15) is 0 Å². The zero-order valence-corrected chi connectivity index (χ0v) is 24.6. The van der Waals surface area contributed by atoms with Gasteiger partial charge in [-0.25, -0.2) is 13.2 Å². The molecule has 1 amide bonds. The van der Waals surface area contributed by atoms with Crippen molar-refractivity contribution in [1.29, 1.82) is 0 Å². The van der Waals surface area contributed by atoms with Crippen LogP contribution in [0.5, 0.6) is 11.5 Å². The molecule has 3 aromatic carbocycles. The third-order valence-electron chi connectivity index (χ3n) is 6.84. The summed E-state index contributed by atoms with van der Waals surface area (Å²) < 4.78 is 42.7. The number of ether oxygens (including phenoxy) is 3. The summed E-state index contributed by atoms with van der Waals surface area (Å²) in [6.07, 6.45) is 1.18. The van der Waals surface area contributed by atoms with Crippen molar-refractivity contribution in [3.63, 3.8) is 0 Å². The predicted molar refractivity (Wildman–Crippen MR) is 161 cm³/mol. The van der Waals surface area contributed by atoms with Gasteiger partial charge in [-0.15, -0.1) is 0 Å². The number of likely N-dealkylation sites (N-methyl/N-ethyl adjacent to an activating group) is 1. The van der Waals surface area contributed by atoms with E-state index in [1.807, 2.05) is 25.1 Å². The van der Waals surface area contributed by atoms with E-state index < -0.39 is 16.0 Å². The van der Waals surface area contributed by atoms with Crippen LogP contribution in [0.4, 0.5) is 17.1 Å². The minimum atomic E-state index is -3.50. The van der Waals surface area contributed by atoms with Crippen molar-refractivity contribution in [2.45, 2.75) is 0 Å². The van der Waals surface area contributed by atoms with Gasteiger partial charge < -0.3 is 29.7 Å². The first-order valence-corrected chi connectivity index (χ1v) is 15.1. The van der Waals surface area contributed by atoms with Crippen molar-refractivity contribution in [3.05, 3.63) is 77.4 Å². The van der Waals surface area contributed by atoms with Crippen LogP contribution in [-0.4, -0.2) is 79.0 Å². The number of nitrogens with zero attached hydrogens (tertiary/aromatic N) is 2. The average Bonchev–Trinajstić information content (AvgIpc) is 3.29. The zero-order chi connectivity index (χ0) is 30.0. The number of anilines is 3. The molecular formula is C30H32N4O7S. The first kappa shape index (κ1) is 29.0. The summed E-state index contributed by atoms with van der Waals surface area (Å²) >= 11 is 0. The number of nitrogens with one attached hydrogen (secondary N) is 2. The number of fused-ring (bicyclic) bond motifs is 2. The monoisotopic (exact) mass is 592 g/mol. The minimum absolute atomic E-state index is 0.301. The average molecular weight is 593 g/mol. The molecule has 2 heterocycles. The second kappa shape index (κ2) is 11.7. The Morgan fingerprint density at radius 3 is 2.31 bits per heavy atom. The SMILES string of the molecule is COC(=O)c1ccc2c(c1)NC(=O)/C2=C(\Nc1ccc(N(CCN(C)C)S(C)(=O)=O)cc1)c1ccc2c(c1)OCCO2. The highest BCUT2D eigenvalue weighted by Crippen LogP contribution is 2.40. The lowest BCUT2D eigenvalue weighted by atomic mass is 9.98. The molecule has 0 bridgehead atoms. The highest BCUT2D eigenvalue weighted by Gasteiger charge is 2.30. The summed E-state index contributed by atoms with van der Waals surface area (Å²) in [6, 6.07) is 17.3. The topological polar surface area (TPSA) is 127 Å². The van der Waals surface area contributed by atoms with E-state index in [2.05, 4.69) is 10.6 Å². The standard InChI is InChI=1S/C30H32N4O7S/c1-33(2)13-14-34(42(4,37)38)22-9-7-21(8-10-22)31-28(19-6-12-25-26(18-19)41-16-15-40-25)27-23-11-5-20(30(36)39-3)17-24(23)32-29(27)35/h5-12,17-18,31H,13-16H2,1-4H3,(H,32,35)/b28-27-. The largest absolute Gasteiger partial charge is 0.486 e. The van der Waals surface area contributed by atoms with Gasteiger partial charge in [0.05, 0.1) is 41.6 Å². The molecule has 0 unspecified atom stereocenters. The van der Waals surface area contributed by atoms with Gasteiger partial charge in [0.1, 0.15) is 13.2 Å². The van der Waals surface area contributed by atoms with Crippen LogP contribution in [0, 0.1) is 0 Å². The molecular weight excluding hydrogens is 560 g/mol. The molecule has 0 spiro atoms. The maximum Gasteiger partial charge on any atom is 0.337 e. The number of amides is 1. The molecule has 2 aliphatic rings. The van der Waals surface area contributed by atoms with Crippen molar-refractivity contribution in [2.75, 3.05) is 68.7 Å². The Labute approximate surface area is 244 Å².